The molecular formula is C10H9BrFNO. The highest BCUT2D eigenvalue weighted by atomic mass is 79.9. The summed E-state index contributed by atoms with van der Waals surface area (Å²) in [4.78, 5) is 0. The zero-order chi connectivity index (χ0) is 10.4. The zero-order valence-corrected chi connectivity index (χ0v) is 9.05. The second-order valence-electron chi connectivity index (χ2n) is 2.69. The van der Waals surface area contributed by atoms with Crippen LogP contribution in [-0.4, -0.2) is 6.61 Å². The van der Waals surface area contributed by atoms with Crippen LogP contribution in [0.25, 0.3) is 0 Å². The molecule has 2 nitrogen and oxygen atoms in total. The molecule has 0 bridgehead atoms. The molecular weight excluding hydrogens is 249 g/mol. The summed E-state index contributed by atoms with van der Waals surface area (Å²) in [6.45, 7) is 0.478. The lowest BCUT2D eigenvalue weighted by molar-refractivity contribution is 0.312. The van der Waals surface area contributed by atoms with E-state index in [9.17, 15) is 4.39 Å². The predicted molar refractivity (Wildman–Crippen MR) is 54.4 cm³/mol. The van der Waals surface area contributed by atoms with E-state index >= 15 is 0 Å². The van der Waals surface area contributed by atoms with E-state index in [1.807, 2.05) is 6.07 Å². The molecule has 0 saturated heterocycles. The second-order valence-corrected chi connectivity index (χ2v) is 3.54. The molecule has 0 aliphatic carbocycles. The first-order chi connectivity index (χ1) is 6.74. The highest BCUT2D eigenvalue weighted by molar-refractivity contribution is 9.10. The fourth-order valence-corrected chi connectivity index (χ4v) is 1.27. The Balaban J connectivity index is 2.44. The molecule has 0 heterocycles. The minimum atomic E-state index is -0.311. The van der Waals surface area contributed by atoms with Crippen molar-refractivity contribution in [1.29, 1.82) is 5.26 Å². The minimum absolute atomic E-state index is 0.311. The van der Waals surface area contributed by atoms with Gasteiger partial charge in [0.2, 0.25) is 0 Å². The van der Waals surface area contributed by atoms with Crippen molar-refractivity contribution in [2.24, 2.45) is 0 Å². The minimum Gasteiger partial charge on any atom is -0.494 e. The Bertz CT molecular complexity index is 348. The summed E-state index contributed by atoms with van der Waals surface area (Å²) in [5, 5.41) is 8.28. The number of hydrogen-bond acceptors (Lipinski definition) is 2. The lowest BCUT2D eigenvalue weighted by Crippen LogP contribution is -1.96. The number of rotatable bonds is 4. The molecule has 1 aromatic carbocycles. The van der Waals surface area contributed by atoms with Gasteiger partial charge in [0.1, 0.15) is 11.6 Å². The van der Waals surface area contributed by atoms with Crippen LogP contribution in [0.3, 0.4) is 0 Å². The first-order valence-corrected chi connectivity index (χ1v) is 4.98. The zero-order valence-electron chi connectivity index (χ0n) is 7.46. The van der Waals surface area contributed by atoms with E-state index in [0.29, 0.717) is 29.7 Å². The van der Waals surface area contributed by atoms with Crippen LogP contribution in [0.2, 0.25) is 0 Å². The number of hydrogen-bond donors (Lipinski definition) is 0. The van der Waals surface area contributed by atoms with Gasteiger partial charge in [-0.15, -0.1) is 0 Å². The number of halogens is 2. The van der Waals surface area contributed by atoms with Gasteiger partial charge in [0.05, 0.1) is 17.1 Å². The third-order valence-electron chi connectivity index (χ3n) is 1.59. The third-order valence-corrected chi connectivity index (χ3v) is 2.20. The SMILES string of the molecule is N#CCCCOc1ccc(F)c(Br)c1. The van der Waals surface area contributed by atoms with Gasteiger partial charge in [-0.25, -0.2) is 4.39 Å². The van der Waals surface area contributed by atoms with Gasteiger partial charge in [-0.1, -0.05) is 0 Å². The van der Waals surface area contributed by atoms with E-state index in [1.165, 1.54) is 6.07 Å². The first-order valence-electron chi connectivity index (χ1n) is 4.19. The molecule has 1 rings (SSSR count). The molecule has 0 aromatic heterocycles. The standard InChI is InChI=1S/C10H9BrFNO/c11-9-7-8(3-4-10(9)12)14-6-2-1-5-13/h3-4,7H,1-2,6H2. The molecule has 0 aliphatic heterocycles. The number of unbranched alkanes of at least 4 members (excludes halogenated alkanes) is 1. The van der Waals surface area contributed by atoms with E-state index in [4.69, 9.17) is 10.00 Å². The summed E-state index contributed by atoms with van der Waals surface area (Å²) in [6, 6.07) is 6.50. The molecule has 0 N–H and O–H groups in total. The van der Waals surface area contributed by atoms with Gasteiger partial charge in [-0.05, 0) is 40.5 Å². The van der Waals surface area contributed by atoms with Crippen molar-refractivity contribution in [1.82, 2.24) is 0 Å². The van der Waals surface area contributed by atoms with Gasteiger partial charge in [-0.3, -0.25) is 0 Å². The lowest BCUT2D eigenvalue weighted by atomic mass is 10.3. The fraction of sp³-hybridized carbons (Fsp3) is 0.300. The van der Waals surface area contributed by atoms with Crippen molar-refractivity contribution in [2.75, 3.05) is 6.61 Å². The van der Waals surface area contributed by atoms with Crippen LogP contribution in [-0.2, 0) is 0 Å². The Hall–Kier alpha value is -1.08. The summed E-state index contributed by atoms with van der Waals surface area (Å²) in [7, 11) is 0. The molecule has 74 valence electrons. The molecule has 0 fully saturated rings. The van der Waals surface area contributed by atoms with E-state index in [2.05, 4.69) is 15.9 Å². The maximum absolute atomic E-state index is 12.8. The molecule has 0 unspecified atom stereocenters. The Morgan fingerprint density at radius 3 is 2.93 bits per heavy atom. The smallest absolute Gasteiger partial charge is 0.137 e. The lowest BCUT2D eigenvalue weighted by Gasteiger charge is -2.04. The van der Waals surface area contributed by atoms with Crippen molar-refractivity contribution in [3.8, 4) is 11.8 Å². The normalized spacial score (nSPS) is 9.50. The van der Waals surface area contributed by atoms with Gasteiger partial charge in [-0.2, -0.15) is 5.26 Å². The average molecular weight is 258 g/mol. The summed E-state index contributed by atoms with van der Waals surface area (Å²) >= 11 is 3.06. The van der Waals surface area contributed by atoms with E-state index in [-0.39, 0.29) is 5.82 Å². The molecule has 0 saturated carbocycles. The van der Waals surface area contributed by atoms with Crippen LogP contribution < -0.4 is 4.74 Å². The third kappa shape index (κ3) is 3.35. The molecule has 1 aromatic rings. The number of benzene rings is 1. The van der Waals surface area contributed by atoms with E-state index in [1.54, 1.807) is 12.1 Å². The molecule has 14 heavy (non-hydrogen) atoms. The van der Waals surface area contributed by atoms with Crippen molar-refractivity contribution >= 4 is 15.9 Å². The summed E-state index contributed by atoms with van der Waals surface area (Å²) < 4.78 is 18.5. The van der Waals surface area contributed by atoms with Crippen LogP contribution >= 0.6 is 15.9 Å². The van der Waals surface area contributed by atoms with E-state index < -0.39 is 0 Å². The van der Waals surface area contributed by atoms with Crippen LogP contribution in [0.15, 0.2) is 22.7 Å². The van der Waals surface area contributed by atoms with Gasteiger partial charge in [0, 0.05) is 6.42 Å². The maximum atomic E-state index is 12.8. The van der Waals surface area contributed by atoms with Gasteiger partial charge < -0.3 is 4.74 Å². The highest BCUT2D eigenvalue weighted by Crippen LogP contribution is 2.21. The van der Waals surface area contributed by atoms with Crippen molar-refractivity contribution in [3.63, 3.8) is 0 Å². The quantitative estimate of drug-likeness (QED) is 0.776. The predicted octanol–water partition coefficient (Wildman–Crippen LogP) is 3.27. The first kappa shape index (κ1) is 11.0. The molecule has 0 amide bonds. The number of nitriles is 1. The molecule has 4 heteroatoms. The van der Waals surface area contributed by atoms with Crippen molar-refractivity contribution in [2.45, 2.75) is 12.8 Å². The van der Waals surface area contributed by atoms with Crippen LogP contribution in [0.5, 0.6) is 5.75 Å². The Morgan fingerprint density at radius 1 is 1.50 bits per heavy atom. The largest absolute Gasteiger partial charge is 0.494 e. The molecule has 0 spiro atoms. The highest BCUT2D eigenvalue weighted by Gasteiger charge is 2.00. The second kappa shape index (κ2) is 5.61. The topological polar surface area (TPSA) is 33.0 Å². The Labute approximate surface area is 90.4 Å². The van der Waals surface area contributed by atoms with Crippen molar-refractivity contribution in [3.05, 3.63) is 28.5 Å². The Kier molecular flexibility index (Phi) is 4.41. The summed E-state index contributed by atoms with van der Waals surface area (Å²) in [5.41, 5.74) is 0. The molecule has 0 radical (unpaired) electrons. The van der Waals surface area contributed by atoms with Crippen LogP contribution in [0.4, 0.5) is 4.39 Å². The number of nitrogens with zero attached hydrogens (tertiary/aromatic N) is 1. The Morgan fingerprint density at radius 2 is 2.29 bits per heavy atom. The molecule has 0 atom stereocenters. The van der Waals surface area contributed by atoms with Gasteiger partial charge >= 0.3 is 0 Å². The summed E-state index contributed by atoms with van der Waals surface area (Å²) in [6.07, 6.45) is 1.16. The number of ether oxygens (including phenoxy) is 1. The monoisotopic (exact) mass is 257 g/mol. The van der Waals surface area contributed by atoms with Gasteiger partial charge in [0.25, 0.3) is 0 Å². The van der Waals surface area contributed by atoms with Gasteiger partial charge in [0.15, 0.2) is 0 Å². The molecule has 0 aliphatic rings. The van der Waals surface area contributed by atoms with Crippen molar-refractivity contribution < 1.29 is 9.13 Å². The average Bonchev–Trinajstić information content (AvgIpc) is 2.18. The summed E-state index contributed by atoms with van der Waals surface area (Å²) in [5.74, 6) is 0.297. The fourth-order valence-electron chi connectivity index (χ4n) is 0.908. The maximum Gasteiger partial charge on any atom is 0.137 e. The van der Waals surface area contributed by atoms with Crippen LogP contribution in [0.1, 0.15) is 12.8 Å². The van der Waals surface area contributed by atoms with E-state index in [0.717, 1.165) is 0 Å². The van der Waals surface area contributed by atoms with Crippen LogP contribution in [0, 0.1) is 17.1 Å².